The van der Waals surface area contributed by atoms with Crippen molar-refractivity contribution in [3.63, 3.8) is 0 Å². The highest BCUT2D eigenvalue weighted by Crippen LogP contribution is 2.24. The number of phenols is 1. The highest BCUT2D eigenvalue weighted by molar-refractivity contribution is 5.84. The summed E-state index contributed by atoms with van der Waals surface area (Å²) in [6, 6.07) is 17.5. The summed E-state index contributed by atoms with van der Waals surface area (Å²) in [6.45, 7) is 0. The molecule has 0 spiro atoms. The van der Waals surface area contributed by atoms with Crippen LogP contribution in [0.5, 0.6) is 5.75 Å². The minimum Gasteiger partial charge on any atom is -0.508 e. The van der Waals surface area contributed by atoms with Crippen LogP contribution in [0, 0.1) is 0 Å². The van der Waals surface area contributed by atoms with Crippen molar-refractivity contribution < 1.29 is 9.90 Å². The molecule has 0 saturated heterocycles. The summed E-state index contributed by atoms with van der Waals surface area (Å²) in [6.07, 6.45) is 4.46. The molecule has 3 rings (SSSR count). The Bertz CT molecular complexity index is 677. The smallest absolute Gasteiger partial charge is 0.228 e. The van der Waals surface area contributed by atoms with E-state index in [0.29, 0.717) is 6.42 Å². The molecule has 4 N–H and O–H groups in total. The molecular weight excluding hydrogens is 312 g/mol. The van der Waals surface area contributed by atoms with Gasteiger partial charge in [0.2, 0.25) is 5.91 Å². The molecule has 0 bridgehead atoms. The fraction of sp³-hybridized carbons (Fsp3) is 0.381. The summed E-state index contributed by atoms with van der Waals surface area (Å²) < 4.78 is 0. The zero-order valence-electron chi connectivity index (χ0n) is 14.4. The summed E-state index contributed by atoms with van der Waals surface area (Å²) in [5.74, 6) is 0.0732. The molecule has 25 heavy (non-hydrogen) atoms. The number of carbonyl (C=O) groups excluding carboxylic acids is 1. The van der Waals surface area contributed by atoms with Crippen LogP contribution in [0.15, 0.2) is 54.6 Å². The van der Waals surface area contributed by atoms with Gasteiger partial charge in [0.1, 0.15) is 5.75 Å². The summed E-state index contributed by atoms with van der Waals surface area (Å²) >= 11 is 0. The van der Waals surface area contributed by atoms with E-state index in [-0.39, 0.29) is 29.7 Å². The van der Waals surface area contributed by atoms with Gasteiger partial charge < -0.3 is 16.2 Å². The maximum atomic E-state index is 13.0. The van der Waals surface area contributed by atoms with Crippen LogP contribution >= 0.6 is 0 Å². The highest BCUT2D eigenvalue weighted by Gasteiger charge is 2.25. The summed E-state index contributed by atoms with van der Waals surface area (Å²) in [4.78, 5) is 13.0. The molecule has 0 radical (unpaired) electrons. The van der Waals surface area contributed by atoms with E-state index in [4.69, 9.17) is 5.73 Å². The van der Waals surface area contributed by atoms with E-state index >= 15 is 0 Å². The van der Waals surface area contributed by atoms with Gasteiger partial charge in [0.05, 0.1) is 5.92 Å². The number of hydrogen-bond donors (Lipinski definition) is 3. The monoisotopic (exact) mass is 338 g/mol. The van der Waals surface area contributed by atoms with Gasteiger partial charge in [-0.3, -0.25) is 4.79 Å². The van der Waals surface area contributed by atoms with Gasteiger partial charge in [-0.15, -0.1) is 0 Å². The van der Waals surface area contributed by atoms with Gasteiger partial charge in [0, 0.05) is 12.1 Å². The highest BCUT2D eigenvalue weighted by atomic mass is 16.3. The number of hydrogen-bond acceptors (Lipinski definition) is 3. The molecule has 1 aliphatic carbocycles. The molecule has 0 unspecified atom stereocenters. The van der Waals surface area contributed by atoms with E-state index in [9.17, 15) is 9.90 Å². The van der Waals surface area contributed by atoms with E-state index in [2.05, 4.69) is 5.32 Å². The van der Waals surface area contributed by atoms with Gasteiger partial charge in [-0.1, -0.05) is 42.5 Å². The summed E-state index contributed by atoms with van der Waals surface area (Å²) in [5, 5.41) is 12.7. The molecule has 2 aromatic carbocycles. The number of carbonyl (C=O) groups is 1. The Hall–Kier alpha value is -2.33. The molecular formula is C21H26N2O2. The van der Waals surface area contributed by atoms with Crippen molar-refractivity contribution in [3.05, 3.63) is 65.7 Å². The Morgan fingerprint density at radius 1 is 1.04 bits per heavy atom. The third kappa shape index (κ3) is 4.83. The van der Waals surface area contributed by atoms with Crippen LogP contribution in [0.4, 0.5) is 0 Å². The standard InChI is InChI=1S/C21H26N2O2/c22-17-8-10-18(11-9-17)23-21(25)20(16-4-2-1-3-5-16)14-15-6-12-19(24)13-7-15/h1-7,12-13,17-18,20,24H,8-11,14,22H2,(H,23,25)/t17?,18?,20-/m0/s1. The second-order valence-electron chi connectivity index (χ2n) is 6.95. The fourth-order valence-corrected chi connectivity index (χ4v) is 3.48. The van der Waals surface area contributed by atoms with Gasteiger partial charge in [0.25, 0.3) is 0 Å². The minimum atomic E-state index is -0.235. The van der Waals surface area contributed by atoms with Crippen LogP contribution in [-0.4, -0.2) is 23.1 Å². The number of rotatable bonds is 5. The van der Waals surface area contributed by atoms with Crippen molar-refractivity contribution >= 4 is 5.91 Å². The van der Waals surface area contributed by atoms with E-state index < -0.39 is 0 Å². The summed E-state index contributed by atoms with van der Waals surface area (Å²) in [7, 11) is 0. The second-order valence-corrected chi connectivity index (χ2v) is 6.95. The Morgan fingerprint density at radius 3 is 2.32 bits per heavy atom. The maximum absolute atomic E-state index is 13.0. The van der Waals surface area contributed by atoms with Gasteiger partial charge >= 0.3 is 0 Å². The van der Waals surface area contributed by atoms with Crippen molar-refractivity contribution in [3.8, 4) is 5.75 Å². The normalized spacial score (nSPS) is 21.5. The van der Waals surface area contributed by atoms with Gasteiger partial charge in [-0.05, 0) is 55.4 Å². The van der Waals surface area contributed by atoms with Crippen molar-refractivity contribution in [1.29, 1.82) is 0 Å². The van der Waals surface area contributed by atoms with Gasteiger partial charge in [0.15, 0.2) is 0 Å². The molecule has 0 aliphatic heterocycles. The van der Waals surface area contributed by atoms with Crippen molar-refractivity contribution in [2.45, 2.75) is 50.1 Å². The van der Waals surface area contributed by atoms with Crippen LogP contribution in [0.2, 0.25) is 0 Å². The van der Waals surface area contributed by atoms with E-state index in [1.807, 2.05) is 42.5 Å². The maximum Gasteiger partial charge on any atom is 0.228 e. The molecule has 1 fully saturated rings. The average molecular weight is 338 g/mol. The van der Waals surface area contributed by atoms with Crippen molar-refractivity contribution in [1.82, 2.24) is 5.32 Å². The fourth-order valence-electron chi connectivity index (χ4n) is 3.48. The van der Waals surface area contributed by atoms with Crippen molar-refractivity contribution in [2.24, 2.45) is 5.73 Å². The lowest BCUT2D eigenvalue weighted by atomic mass is 9.88. The molecule has 1 amide bonds. The van der Waals surface area contributed by atoms with Gasteiger partial charge in [-0.2, -0.15) is 0 Å². The first kappa shape index (κ1) is 17.5. The predicted molar refractivity (Wildman–Crippen MR) is 99.4 cm³/mol. The number of nitrogens with one attached hydrogen (secondary N) is 1. The number of amides is 1. The lowest BCUT2D eigenvalue weighted by Gasteiger charge is -2.28. The molecule has 1 aliphatic rings. The molecule has 0 aromatic heterocycles. The molecule has 132 valence electrons. The Labute approximate surface area is 149 Å². The molecule has 0 heterocycles. The molecule has 2 aromatic rings. The predicted octanol–water partition coefficient (Wildman–Crippen LogP) is 3.10. The van der Waals surface area contributed by atoms with Crippen LogP contribution < -0.4 is 11.1 Å². The second kappa shape index (κ2) is 8.17. The summed E-state index contributed by atoms with van der Waals surface area (Å²) in [5.41, 5.74) is 8.01. The zero-order valence-corrected chi connectivity index (χ0v) is 14.4. The number of aromatic hydroxyl groups is 1. The van der Waals surface area contributed by atoms with Crippen LogP contribution in [0.1, 0.15) is 42.7 Å². The molecule has 1 atom stereocenters. The first-order valence-electron chi connectivity index (χ1n) is 9.00. The molecule has 4 heteroatoms. The third-order valence-corrected chi connectivity index (χ3v) is 5.01. The number of benzene rings is 2. The SMILES string of the molecule is NC1CCC(NC(=O)[C@@H](Cc2ccc(O)cc2)c2ccccc2)CC1. The van der Waals surface area contributed by atoms with Crippen LogP contribution in [0.25, 0.3) is 0 Å². The number of nitrogens with two attached hydrogens (primary N) is 1. The minimum absolute atomic E-state index is 0.0692. The van der Waals surface area contributed by atoms with Gasteiger partial charge in [-0.25, -0.2) is 0 Å². The largest absolute Gasteiger partial charge is 0.508 e. The average Bonchev–Trinajstić information content (AvgIpc) is 2.64. The lowest BCUT2D eigenvalue weighted by molar-refractivity contribution is -0.123. The first-order valence-corrected chi connectivity index (χ1v) is 9.00. The zero-order chi connectivity index (χ0) is 17.6. The first-order chi connectivity index (χ1) is 12.1. The van der Waals surface area contributed by atoms with E-state index in [0.717, 1.165) is 36.8 Å². The van der Waals surface area contributed by atoms with E-state index in [1.54, 1.807) is 12.1 Å². The van der Waals surface area contributed by atoms with E-state index in [1.165, 1.54) is 0 Å². The lowest BCUT2D eigenvalue weighted by Crippen LogP contribution is -2.42. The Morgan fingerprint density at radius 2 is 1.68 bits per heavy atom. The Kier molecular flexibility index (Phi) is 5.71. The van der Waals surface area contributed by atoms with Crippen LogP contribution in [0.3, 0.4) is 0 Å². The Balaban J connectivity index is 1.73. The van der Waals surface area contributed by atoms with Crippen molar-refractivity contribution in [2.75, 3.05) is 0 Å². The number of phenolic OH excluding ortho intramolecular Hbond substituents is 1. The molecule has 1 saturated carbocycles. The molecule has 4 nitrogen and oxygen atoms in total. The van der Waals surface area contributed by atoms with Crippen LogP contribution in [-0.2, 0) is 11.2 Å². The quantitative estimate of drug-likeness (QED) is 0.784. The third-order valence-electron chi connectivity index (χ3n) is 5.01. The topological polar surface area (TPSA) is 75.3 Å².